The van der Waals surface area contributed by atoms with Crippen LogP contribution in [0.3, 0.4) is 0 Å². The van der Waals surface area contributed by atoms with Crippen LogP contribution in [-0.2, 0) is 22.0 Å². The van der Waals surface area contributed by atoms with E-state index in [0.29, 0.717) is 38.9 Å². The summed E-state index contributed by atoms with van der Waals surface area (Å²) in [6, 6.07) is 4.77. The molecule has 1 saturated heterocycles. The number of nitrogens with zero attached hydrogens (tertiary/aromatic N) is 4. The maximum absolute atomic E-state index is 13.9. The molecule has 3 aromatic rings. The summed E-state index contributed by atoms with van der Waals surface area (Å²) in [5.41, 5.74) is -2.34. The van der Waals surface area contributed by atoms with Gasteiger partial charge in [-0.2, -0.15) is 13.2 Å². The number of amides is 2. The third-order valence-corrected chi connectivity index (χ3v) is 7.62. The molecule has 1 unspecified atom stereocenters. The quantitative estimate of drug-likeness (QED) is 0.381. The SMILES string of the molecule is Cc1cc(-c2cnc(C3(O)CCNC(=O)CC3)s2)cc(N(C(=O)O)c2ncc(C(C)(C)C)c(C(F)(F)F)n2)c1. The monoisotopic (exact) mass is 563 g/mol. The number of hydrogen-bond acceptors (Lipinski definition) is 7. The first-order valence-corrected chi connectivity index (χ1v) is 13.0. The molecule has 0 spiro atoms. The van der Waals surface area contributed by atoms with Crippen LogP contribution in [0.15, 0.2) is 30.6 Å². The summed E-state index contributed by atoms with van der Waals surface area (Å²) in [4.78, 5) is 37.3. The molecule has 13 heteroatoms. The Labute approximate surface area is 226 Å². The third kappa shape index (κ3) is 6.04. The van der Waals surface area contributed by atoms with E-state index in [2.05, 4.69) is 20.3 Å². The molecule has 1 atom stereocenters. The molecule has 3 heterocycles. The minimum atomic E-state index is -4.82. The molecule has 1 aliphatic rings. The number of carboxylic acid groups (broad SMARTS) is 1. The maximum atomic E-state index is 13.9. The number of halogens is 3. The van der Waals surface area contributed by atoms with Crippen LogP contribution in [0.2, 0.25) is 0 Å². The van der Waals surface area contributed by atoms with Crippen molar-refractivity contribution in [3.05, 3.63) is 52.4 Å². The number of aryl methyl sites for hydroxylation is 1. The molecule has 4 rings (SSSR count). The molecule has 1 aromatic carbocycles. The maximum Gasteiger partial charge on any atom is 0.433 e. The number of aliphatic hydroxyl groups is 1. The van der Waals surface area contributed by atoms with Crippen molar-refractivity contribution in [3.8, 4) is 10.4 Å². The van der Waals surface area contributed by atoms with Crippen molar-refractivity contribution in [2.75, 3.05) is 11.4 Å². The van der Waals surface area contributed by atoms with Gasteiger partial charge in [-0.3, -0.25) is 4.79 Å². The molecule has 2 amide bonds. The highest BCUT2D eigenvalue weighted by molar-refractivity contribution is 7.15. The second kappa shape index (κ2) is 10.2. The molecule has 0 aliphatic carbocycles. The number of benzene rings is 1. The van der Waals surface area contributed by atoms with Crippen molar-refractivity contribution in [1.29, 1.82) is 0 Å². The van der Waals surface area contributed by atoms with Gasteiger partial charge in [-0.1, -0.05) is 26.8 Å². The van der Waals surface area contributed by atoms with Crippen LogP contribution in [0, 0.1) is 6.92 Å². The van der Waals surface area contributed by atoms with Gasteiger partial charge in [-0.15, -0.1) is 11.3 Å². The largest absolute Gasteiger partial charge is 0.464 e. The number of thiazole rings is 1. The van der Waals surface area contributed by atoms with Crippen LogP contribution in [0.4, 0.5) is 29.6 Å². The van der Waals surface area contributed by atoms with Gasteiger partial charge in [0.05, 0.1) is 10.6 Å². The number of carbonyl (C=O) groups is 2. The van der Waals surface area contributed by atoms with E-state index in [-0.39, 0.29) is 30.0 Å². The van der Waals surface area contributed by atoms with E-state index in [4.69, 9.17) is 0 Å². The molecule has 9 nitrogen and oxygen atoms in total. The van der Waals surface area contributed by atoms with Crippen LogP contribution < -0.4 is 10.2 Å². The Morgan fingerprint density at radius 2 is 1.85 bits per heavy atom. The van der Waals surface area contributed by atoms with Crippen LogP contribution in [-0.4, -0.2) is 43.7 Å². The molecule has 1 aliphatic heterocycles. The number of alkyl halides is 3. The number of aromatic nitrogens is 3. The molecule has 1 fully saturated rings. The summed E-state index contributed by atoms with van der Waals surface area (Å²) in [7, 11) is 0. The summed E-state index contributed by atoms with van der Waals surface area (Å²) in [5.74, 6) is -0.777. The van der Waals surface area contributed by atoms with Crippen LogP contribution in [0.5, 0.6) is 0 Å². The fourth-order valence-electron chi connectivity index (χ4n) is 4.37. The van der Waals surface area contributed by atoms with Gasteiger partial charge in [-0.25, -0.2) is 24.6 Å². The van der Waals surface area contributed by atoms with Gasteiger partial charge in [-0.05, 0) is 42.0 Å². The van der Waals surface area contributed by atoms with Crippen molar-refractivity contribution in [3.63, 3.8) is 0 Å². The van der Waals surface area contributed by atoms with Crippen LogP contribution >= 0.6 is 11.3 Å². The first kappa shape index (κ1) is 28.4. The van der Waals surface area contributed by atoms with E-state index in [1.165, 1.54) is 29.7 Å². The van der Waals surface area contributed by atoms with Crippen molar-refractivity contribution in [2.24, 2.45) is 0 Å². The molecule has 39 heavy (non-hydrogen) atoms. The fourth-order valence-corrected chi connectivity index (χ4v) is 5.42. The predicted octanol–water partition coefficient (Wildman–Crippen LogP) is 5.53. The predicted molar refractivity (Wildman–Crippen MR) is 139 cm³/mol. The zero-order valence-electron chi connectivity index (χ0n) is 21.8. The lowest BCUT2D eigenvalue weighted by atomic mass is 9.86. The van der Waals surface area contributed by atoms with E-state index in [1.807, 2.05) is 0 Å². The lowest BCUT2D eigenvalue weighted by molar-refractivity contribution is -0.142. The Balaban J connectivity index is 1.76. The molecule has 0 bridgehead atoms. The second-order valence-corrected chi connectivity index (χ2v) is 11.5. The van der Waals surface area contributed by atoms with E-state index < -0.39 is 34.9 Å². The van der Waals surface area contributed by atoms with E-state index in [1.54, 1.807) is 33.8 Å². The van der Waals surface area contributed by atoms with Gasteiger partial charge in [0.1, 0.15) is 10.6 Å². The Morgan fingerprint density at radius 1 is 1.13 bits per heavy atom. The highest BCUT2D eigenvalue weighted by Crippen LogP contribution is 2.40. The fraction of sp³-hybridized carbons (Fsp3) is 0.423. The van der Waals surface area contributed by atoms with E-state index in [9.17, 15) is 33.0 Å². The van der Waals surface area contributed by atoms with Crippen molar-refractivity contribution < 1.29 is 33.0 Å². The minimum absolute atomic E-state index is 0.0482. The lowest BCUT2D eigenvalue weighted by Gasteiger charge is -2.25. The van der Waals surface area contributed by atoms with Crippen molar-refractivity contribution in [2.45, 2.75) is 64.1 Å². The minimum Gasteiger partial charge on any atom is -0.464 e. The first-order chi connectivity index (χ1) is 18.1. The number of nitrogens with one attached hydrogen (secondary N) is 1. The summed E-state index contributed by atoms with van der Waals surface area (Å²) in [5, 5.41) is 24.3. The molecule has 208 valence electrons. The summed E-state index contributed by atoms with van der Waals surface area (Å²) in [6.45, 7) is 6.79. The van der Waals surface area contributed by atoms with Gasteiger partial charge in [0.15, 0.2) is 5.69 Å². The standard InChI is InChI=1S/C26H28F3N5O4S/c1-14-9-15(18-13-31-21(39-18)25(38)6-5-19(35)30-8-7-25)11-16(10-14)34(23(36)37)22-32-12-17(24(2,3)4)20(33-22)26(27,28)29/h9-13,38H,5-8H2,1-4H3,(H,30,35)(H,36,37). The van der Waals surface area contributed by atoms with Crippen molar-refractivity contribution >= 4 is 35.0 Å². The molecular weight excluding hydrogens is 535 g/mol. The van der Waals surface area contributed by atoms with Gasteiger partial charge in [0.2, 0.25) is 11.9 Å². The Morgan fingerprint density at radius 3 is 2.49 bits per heavy atom. The Kier molecular flexibility index (Phi) is 7.43. The topological polar surface area (TPSA) is 129 Å². The van der Waals surface area contributed by atoms with Crippen molar-refractivity contribution in [1.82, 2.24) is 20.3 Å². The molecular formula is C26H28F3N5O4S. The molecule has 0 radical (unpaired) electrons. The van der Waals surface area contributed by atoms with E-state index in [0.717, 1.165) is 6.20 Å². The smallest absolute Gasteiger partial charge is 0.433 e. The summed E-state index contributed by atoms with van der Waals surface area (Å²) >= 11 is 1.20. The summed E-state index contributed by atoms with van der Waals surface area (Å²) < 4.78 is 41.7. The average Bonchev–Trinajstić information content (AvgIpc) is 3.26. The van der Waals surface area contributed by atoms with Gasteiger partial charge < -0.3 is 15.5 Å². The normalized spacial score (nSPS) is 18.4. The van der Waals surface area contributed by atoms with Gasteiger partial charge >= 0.3 is 12.3 Å². The Hall–Kier alpha value is -3.58. The number of hydrogen-bond donors (Lipinski definition) is 3. The van der Waals surface area contributed by atoms with Gasteiger partial charge in [0, 0.05) is 37.3 Å². The zero-order chi connectivity index (χ0) is 28.8. The van der Waals surface area contributed by atoms with E-state index >= 15 is 0 Å². The average molecular weight is 564 g/mol. The van der Waals surface area contributed by atoms with Crippen LogP contribution in [0.1, 0.15) is 61.9 Å². The lowest BCUT2D eigenvalue weighted by Crippen LogP contribution is -2.29. The number of carbonyl (C=O) groups excluding carboxylic acids is 1. The Bertz CT molecular complexity index is 1420. The zero-order valence-corrected chi connectivity index (χ0v) is 22.6. The van der Waals surface area contributed by atoms with Gasteiger partial charge in [0.25, 0.3) is 0 Å². The molecule has 3 N–H and O–H groups in total. The van der Waals surface area contributed by atoms with Crippen LogP contribution in [0.25, 0.3) is 10.4 Å². The number of anilines is 2. The first-order valence-electron chi connectivity index (χ1n) is 12.1. The molecule has 2 aromatic heterocycles. The summed E-state index contributed by atoms with van der Waals surface area (Å²) in [6.07, 6.45) is -3.17. The second-order valence-electron chi connectivity index (χ2n) is 10.5. The number of rotatable bonds is 4. The third-order valence-electron chi connectivity index (χ3n) is 6.38. The highest BCUT2D eigenvalue weighted by atomic mass is 32.1. The highest BCUT2D eigenvalue weighted by Gasteiger charge is 2.40. The molecule has 0 saturated carbocycles.